The summed E-state index contributed by atoms with van der Waals surface area (Å²) in [4.78, 5) is 26.0. The van der Waals surface area contributed by atoms with Gasteiger partial charge in [0, 0.05) is 22.6 Å². The highest BCUT2D eigenvalue weighted by molar-refractivity contribution is 7.10. The molecule has 0 saturated heterocycles. The van der Waals surface area contributed by atoms with Gasteiger partial charge in [-0.3, -0.25) is 14.9 Å². The molecule has 0 spiro atoms. The van der Waals surface area contributed by atoms with Crippen LogP contribution in [0.15, 0.2) is 58.5 Å². The molecule has 0 unspecified atom stereocenters. The molecule has 0 aliphatic carbocycles. The first-order valence-electron chi connectivity index (χ1n) is 7.63. The summed E-state index contributed by atoms with van der Waals surface area (Å²) in [7, 11) is 0. The summed E-state index contributed by atoms with van der Waals surface area (Å²) in [6, 6.07) is 11.3. The zero-order valence-electron chi connectivity index (χ0n) is 13.5. The molecule has 128 valence electrons. The van der Waals surface area contributed by atoms with E-state index in [1.807, 2.05) is 24.4 Å². The molecule has 2 heterocycles. The molecule has 0 radical (unpaired) electrons. The minimum absolute atomic E-state index is 0.0387. The van der Waals surface area contributed by atoms with Crippen molar-refractivity contribution in [1.29, 1.82) is 0 Å². The van der Waals surface area contributed by atoms with Crippen molar-refractivity contribution in [2.75, 3.05) is 0 Å². The van der Waals surface area contributed by atoms with Gasteiger partial charge in [-0.1, -0.05) is 0 Å². The Bertz CT molecular complexity index is 869. The summed E-state index contributed by atoms with van der Waals surface area (Å²) in [5.41, 5.74) is 1.50. The fourth-order valence-electron chi connectivity index (χ4n) is 2.44. The first-order chi connectivity index (χ1) is 12.0. The smallest absolute Gasteiger partial charge is 0.269 e. The molecule has 6 nitrogen and oxygen atoms in total. The van der Waals surface area contributed by atoms with Crippen molar-refractivity contribution >= 4 is 22.9 Å². The zero-order valence-corrected chi connectivity index (χ0v) is 14.4. The Hall–Kier alpha value is -2.93. The van der Waals surface area contributed by atoms with Crippen LogP contribution in [-0.4, -0.2) is 15.7 Å². The van der Waals surface area contributed by atoms with Gasteiger partial charge < -0.3 is 9.32 Å². The molecule has 3 aromatic rings. The fraction of sp³-hybridized carbons (Fsp3) is 0.167. The number of amides is 1. The second-order valence-electron chi connectivity index (χ2n) is 5.57. The summed E-state index contributed by atoms with van der Waals surface area (Å²) in [5.74, 6) is 0.489. The zero-order chi connectivity index (χ0) is 17.8. The number of hydrogen-bond donors (Lipinski definition) is 0. The molecule has 0 aliphatic heterocycles. The lowest BCUT2D eigenvalue weighted by atomic mass is 10.1. The molecule has 0 atom stereocenters. The number of nitrogens with zero attached hydrogens (tertiary/aromatic N) is 2. The third-order valence-electron chi connectivity index (χ3n) is 3.84. The molecule has 0 fully saturated rings. The van der Waals surface area contributed by atoms with Gasteiger partial charge in [0.1, 0.15) is 5.76 Å². The Kier molecular flexibility index (Phi) is 4.95. The van der Waals surface area contributed by atoms with Crippen LogP contribution in [0, 0.1) is 17.0 Å². The Morgan fingerprint density at radius 2 is 1.96 bits per heavy atom. The summed E-state index contributed by atoms with van der Waals surface area (Å²) >= 11 is 1.60. The van der Waals surface area contributed by atoms with Crippen molar-refractivity contribution in [2.24, 2.45) is 0 Å². The van der Waals surface area contributed by atoms with E-state index in [9.17, 15) is 14.9 Å². The van der Waals surface area contributed by atoms with Gasteiger partial charge in [0.15, 0.2) is 0 Å². The number of carbonyl (C=O) groups excluding carboxylic acids is 1. The number of aryl methyl sites for hydroxylation is 1. The number of carbonyl (C=O) groups is 1. The Morgan fingerprint density at radius 3 is 2.52 bits per heavy atom. The van der Waals surface area contributed by atoms with Gasteiger partial charge in [0.2, 0.25) is 0 Å². The lowest BCUT2D eigenvalue weighted by Crippen LogP contribution is -2.29. The van der Waals surface area contributed by atoms with Crippen LogP contribution in [0.4, 0.5) is 5.69 Å². The van der Waals surface area contributed by atoms with Gasteiger partial charge in [-0.05, 0) is 48.2 Å². The molecule has 3 rings (SSSR count). The van der Waals surface area contributed by atoms with Crippen LogP contribution in [0.25, 0.3) is 0 Å². The topological polar surface area (TPSA) is 76.6 Å². The first-order valence-corrected chi connectivity index (χ1v) is 8.51. The van der Waals surface area contributed by atoms with Crippen molar-refractivity contribution < 1.29 is 14.1 Å². The molecule has 7 heteroatoms. The van der Waals surface area contributed by atoms with Gasteiger partial charge in [-0.15, -0.1) is 11.3 Å². The number of thiophene rings is 1. The number of nitro benzene ring substituents is 1. The van der Waals surface area contributed by atoms with Crippen LogP contribution in [0.1, 0.15) is 26.6 Å². The number of non-ortho nitro benzene ring substituents is 1. The SMILES string of the molecule is Cc1ccsc1CN(Cc1ccco1)C(=O)c1ccc([N+](=O)[O-])cc1. The highest BCUT2D eigenvalue weighted by Crippen LogP contribution is 2.22. The molecule has 0 bridgehead atoms. The lowest BCUT2D eigenvalue weighted by Gasteiger charge is -2.21. The van der Waals surface area contributed by atoms with Gasteiger partial charge >= 0.3 is 0 Å². The van der Waals surface area contributed by atoms with E-state index in [0.29, 0.717) is 24.4 Å². The molecule has 1 aromatic carbocycles. The van der Waals surface area contributed by atoms with E-state index >= 15 is 0 Å². The summed E-state index contributed by atoms with van der Waals surface area (Å²) < 4.78 is 5.37. The molecule has 2 aromatic heterocycles. The summed E-state index contributed by atoms with van der Waals surface area (Å²) in [6.07, 6.45) is 1.57. The Balaban J connectivity index is 1.85. The van der Waals surface area contributed by atoms with Crippen LogP contribution < -0.4 is 0 Å². The number of furan rings is 1. The summed E-state index contributed by atoms with van der Waals surface area (Å²) in [6.45, 7) is 2.80. The van der Waals surface area contributed by atoms with E-state index in [0.717, 1.165) is 10.4 Å². The first kappa shape index (κ1) is 16.9. The minimum atomic E-state index is -0.482. The van der Waals surface area contributed by atoms with Crippen molar-refractivity contribution in [1.82, 2.24) is 4.90 Å². The molecule has 0 N–H and O–H groups in total. The van der Waals surface area contributed by atoms with Crippen molar-refractivity contribution in [3.63, 3.8) is 0 Å². The number of benzene rings is 1. The number of rotatable bonds is 6. The third kappa shape index (κ3) is 3.95. The van der Waals surface area contributed by atoms with Crippen LogP contribution in [0.3, 0.4) is 0 Å². The van der Waals surface area contributed by atoms with Gasteiger partial charge in [0.25, 0.3) is 11.6 Å². The van der Waals surface area contributed by atoms with Crippen LogP contribution in [0.2, 0.25) is 0 Å². The van der Waals surface area contributed by atoms with E-state index < -0.39 is 4.92 Å². The highest BCUT2D eigenvalue weighted by atomic mass is 32.1. The number of nitro groups is 1. The predicted molar refractivity (Wildman–Crippen MR) is 94.4 cm³/mol. The van der Waals surface area contributed by atoms with Crippen LogP contribution in [0.5, 0.6) is 0 Å². The monoisotopic (exact) mass is 356 g/mol. The molecule has 25 heavy (non-hydrogen) atoms. The largest absolute Gasteiger partial charge is 0.467 e. The lowest BCUT2D eigenvalue weighted by molar-refractivity contribution is -0.384. The number of hydrogen-bond acceptors (Lipinski definition) is 5. The highest BCUT2D eigenvalue weighted by Gasteiger charge is 2.20. The van der Waals surface area contributed by atoms with E-state index in [1.54, 1.807) is 28.6 Å². The molecule has 1 amide bonds. The average molecular weight is 356 g/mol. The predicted octanol–water partition coefficient (Wildman–Crippen LogP) is 4.40. The normalized spacial score (nSPS) is 10.6. The van der Waals surface area contributed by atoms with Crippen LogP contribution >= 0.6 is 11.3 Å². The maximum atomic E-state index is 12.9. The molecule has 0 aliphatic rings. The molecular weight excluding hydrogens is 340 g/mol. The second-order valence-corrected chi connectivity index (χ2v) is 6.57. The van der Waals surface area contributed by atoms with Gasteiger partial charge in [0.05, 0.1) is 24.3 Å². The quantitative estimate of drug-likeness (QED) is 0.484. The second kappa shape index (κ2) is 7.31. The third-order valence-corrected chi connectivity index (χ3v) is 4.85. The van der Waals surface area contributed by atoms with E-state index in [-0.39, 0.29) is 11.6 Å². The van der Waals surface area contributed by atoms with Crippen molar-refractivity contribution in [2.45, 2.75) is 20.0 Å². The standard InChI is InChI=1S/C18H16N2O4S/c1-13-8-10-25-17(13)12-19(11-16-3-2-9-24-16)18(21)14-4-6-15(7-5-14)20(22)23/h2-10H,11-12H2,1H3. The maximum Gasteiger partial charge on any atom is 0.269 e. The molecule has 0 saturated carbocycles. The fourth-order valence-corrected chi connectivity index (χ4v) is 3.36. The maximum absolute atomic E-state index is 12.9. The Labute approximate surface area is 148 Å². The molecular formula is C18H16N2O4S. The van der Waals surface area contributed by atoms with Crippen molar-refractivity contribution in [3.8, 4) is 0 Å². The Morgan fingerprint density at radius 1 is 1.20 bits per heavy atom. The van der Waals surface area contributed by atoms with E-state index in [2.05, 4.69) is 0 Å². The van der Waals surface area contributed by atoms with Crippen molar-refractivity contribution in [3.05, 3.63) is 86.0 Å². The van der Waals surface area contributed by atoms with Gasteiger partial charge in [-0.25, -0.2) is 0 Å². The summed E-state index contributed by atoms with van der Waals surface area (Å²) in [5, 5.41) is 12.8. The van der Waals surface area contributed by atoms with E-state index in [1.165, 1.54) is 24.3 Å². The minimum Gasteiger partial charge on any atom is -0.467 e. The van der Waals surface area contributed by atoms with Gasteiger partial charge in [-0.2, -0.15) is 0 Å². The van der Waals surface area contributed by atoms with Crippen LogP contribution in [-0.2, 0) is 13.1 Å². The van der Waals surface area contributed by atoms with E-state index in [4.69, 9.17) is 4.42 Å². The average Bonchev–Trinajstić information content (AvgIpc) is 3.26.